The van der Waals surface area contributed by atoms with E-state index in [1.165, 1.54) is 5.01 Å². The number of aryl methyl sites for hydroxylation is 2. The molecule has 0 amide bonds. The van der Waals surface area contributed by atoms with E-state index in [0.717, 1.165) is 36.3 Å². The number of aromatic amines is 1. The van der Waals surface area contributed by atoms with Crippen LogP contribution in [0.3, 0.4) is 0 Å². The molecule has 0 bridgehead atoms. The maximum absolute atomic E-state index is 15.5. The Morgan fingerprint density at radius 3 is 2.72 bits per heavy atom. The number of nitrogens with zero attached hydrogens (tertiary/aromatic N) is 4. The lowest BCUT2D eigenvalue weighted by molar-refractivity contribution is 0.275. The van der Waals surface area contributed by atoms with Crippen LogP contribution in [0.15, 0.2) is 43.3 Å². The number of anilines is 1. The summed E-state index contributed by atoms with van der Waals surface area (Å²) in [5.41, 5.74) is 6.86. The van der Waals surface area contributed by atoms with Crippen LogP contribution in [0.4, 0.5) is 14.5 Å². The summed E-state index contributed by atoms with van der Waals surface area (Å²) in [5.74, 6) is 5.68. The topological polar surface area (TPSA) is 110 Å². The number of likely N-dealkylation sites (tertiary alicyclic amines) is 1. The number of aromatic nitrogens is 3. The van der Waals surface area contributed by atoms with E-state index in [9.17, 15) is 0 Å². The molecule has 1 aliphatic rings. The average Bonchev–Trinajstić information content (AvgIpc) is 3.53. The molecule has 3 unspecified atom stereocenters. The second-order valence-electron chi connectivity index (χ2n) is 9.48. The van der Waals surface area contributed by atoms with Gasteiger partial charge in [-0.1, -0.05) is 27.3 Å². The van der Waals surface area contributed by atoms with Crippen LogP contribution < -0.4 is 21.8 Å². The molecule has 1 aromatic carbocycles. The van der Waals surface area contributed by atoms with Crippen molar-refractivity contribution in [3.63, 3.8) is 0 Å². The van der Waals surface area contributed by atoms with E-state index in [1.807, 2.05) is 26.6 Å². The molecule has 8 nitrogen and oxygen atoms in total. The Kier molecular flexibility index (Phi) is 8.90. The molecular formula is C28H35F2N8P. The van der Waals surface area contributed by atoms with Crippen molar-refractivity contribution in [3.8, 4) is 11.3 Å². The number of nitrogens with one attached hydrogen (secondary N) is 3. The number of hydrazine groups is 2. The Morgan fingerprint density at radius 1 is 1.31 bits per heavy atom. The number of rotatable bonds is 10. The molecule has 0 aliphatic carbocycles. The van der Waals surface area contributed by atoms with Gasteiger partial charge >= 0.3 is 0 Å². The molecule has 4 rings (SSSR count). The van der Waals surface area contributed by atoms with Gasteiger partial charge in [0.25, 0.3) is 0 Å². The van der Waals surface area contributed by atoms with E-state index >= 15 is 8.78 Å². The monoisotopic (exact) mass is 552 g/mol. The van der Waals surface area contributed by atoms with Crippen molar-refractivity contribution in [2.75, 3.05) is 11.7 Å². The average molecular weight is 553 g/mol. The number of nitrogens with two attached hydrogens (primary N) is 1. The molecule has 5 N–H and O–H groups in total. The number of pyridine rings is 1. The number of hydrogen-bond donors (Lipinski definition) is 4. The number of allylic oxidation sites excluding steroid dienone is 1. The highest BCUT2D eigenvalue weighted by atomic mass is 31.1. The fraction of sp³-hybridized carbons (Fsp3) is 0.321. The second-order valence-corrected chi connectivity index (χ2v) is 10.5. The van der Waals surface area contributed by atoms with Crippen molar-refractivity contribution in [3.05, 3.63) is 77.5 Å². The maximum atomic E-state index is 15.5. The Labute approximate surface area is 229 Å². The first kappa shape index (κ1) is 28.5. The predicted molar refractivity (Wildman–Crippen MR) is 156 cm³/mol. The summed E-state index contributed by atoms with van der Waals surface area (Å²) in [5, 5.41) is 8.98. The zero-order chi connectivity index (χ0) is 28.3. The quantitative estimate of drug-likeness (QED) is 0.0901. The predicted octanol–water partition coefficient (Wildman–Crippen LogP) is 5.23. The van der Waals surface area contributed by atoms with Crippen LogP contribution >= 0.6 is 8.58 Å². The summed E-state index contributed by atoms with van der Waals surface area (Å²) < 4.78 is 30.6. The van der Waals surface area contributed by atoms with Gasteiger partial charge in [-0.3, -0.25) is 21.2 Å². The lowest BCUT2D eigenvalue weighted by Gasteiger charge is -2.30. The van der Waals surface area contributed by atoms with Gasteiger partial charge in [-0.15, -0.1) is 0 Å². The zero-order valence-electron chi connectivity index (χ0n) is 22.6. The SMILES string of the molecule is C=CN1C(C/C(=C\C)c2c(N(C=N)NN)ccc(C)c2F)CCC1c1nc(-c2ccnc(PC)c2F)c(C)[nH]1. The zero-order valence-corrected chi connectivity index (χ0v) is 23.6. The second kappa shape index (κ2) is 12.2. The van der Waals surface area contributed by atoms with Crippen molar-refractivity contribution < 1.29 is 8.78 Å². The minimum Gasteiger partial charge on any atom is -0.365 e. The number of imidazole rings is 1. The fourth-order valence-corrected chi connectivity index (χ4v) is 5.90. The third-order valence-corrected chi connectivity index (χ3v) is 8.15. The van der Waals surface area contributed by atoms with Gasteiger partial charge in [0.2, 0.25) is 0 Å². The molecule has 1 aliphatic heterocycles. The van der Waals surface area contributed by atoms with E-state index in [4.69, 9.17) is 16.2 Å². The largest absolute Gasteiger partial charge is 0.365 e. The van der Waals surface area contributed by atoms with Gasteiger partial charge in [-0.25, -0.2) is 13.8 Å². The van der Waals surface area contributed by atoms with E-state index in [-0.39, 0.29) is 32.3 Å². The highest BCUT2D eigenvalue weighted by molar-refractivity contribution is 7.46. The first-order valence-electron chi connectivity index (χ1n) is 12.8. The lowest BCUT2D eigenvalue weighted by atomic mass is 9.93. The molecule has 11 heteroatoms. The van der Waals surface area contributed by atoms with E-state index in [0.29, 0.717) is 39.9 Å². The molecule has 1 fully saturated rings. The molecule has 2 aromatic heterocycles. The van der Waals surface area contributed by atoms with Gasteiger partial charge < -0.3 is 9.88 Å². The van der Waals surface area contributed by atoms with Crippen LogP contribution in [0, 0.1) is 30.9 Å². The molecule has 1 saturated heterocycles. The summed E-state index contributed by atoms with van der Waals surface area (Å²) in [6.07, 6.45) is 8.53. The van der Waals surface area contributed by atoms with Crippen molar-refractivity contribution in [1.82, 2.24) is 25.4 Å². The summed E-state index contributed by atoms with van der Waals surface area (Å²) in [6.45, 7) is 11.5. The van der Waals surface area contributed by atoms with Crippen LogP contribution in [-0.4, -0.2) is 38.9 Å². The highest BCUT2D eigenvalue weighted by Crippen LogP contribution is 2.42. The summed E-state index contributed by atoms with van der Waals surface area (Å²) in [6, 6.07) is 5.03. The number of benzene rings is 1. The van der Waals surface area contributed by atoms with Crippen molar-refractivity contribution >= 4 is 31.6 Å². The van der Waals surface area contributed by atoms with Gasteiger partial charge in [0.15, 0.2) is 5.82 Å². The fourth-order valence-electron chi connectivity index (χ4n) is 5.34. The lowest BCUT2D eigenvalue weighted by Crippen LogP contribution is -2.42. The highest BCUT2D eigenvalue weighted by Gasteiger charge is 2.35. The smallest absolute Gasteiger partial charge is 0.158 e. The first-order chi connectivity index (χ1) is 18.8. The third kappa shape index (κ3) is 5.37. The van der Waals surface area contributed by atoms with Gasteiger partial charge in [0.05, 0.1) is 22.9 Å². The first-order valence-corrected chi connectivity index (χ1v) is 14.3. The molecule has 3 aromatic rings. The van der Waals surface area contributed by atoms with Crippen LogP contribution in [0.2, 0.25) is 0 Å². The Morgan fingerprint density at radius 2 is 2.08 bits per heavy atom. The van der Waals surface area contributed by atoms with Crippen LogP contribution in [-0.2, 0) is 0 Å². The van der Waals surface area contributed by atoms with Gasteiger partial charge in [0, 0.05) is 29.1 Å². The molecule has 206 valence electrons. The van der Waals surface area contributed by atoms with Crippen LogP contribution in [0.1, 0.15) is 54.9 Å². The standard InChI is InChI=1S/C28H35F2N8P/c1-6-18(23-21(38(15-31)36-32)10-8-16(3)24(23)29)14-19-9-11-22(37(19)7-2)27-34-17(4)26(35-27)20-12-13-33-28(39-5)25(20)30/h6-8,10,12-13,15,19,22,31,36,39H,2,9,11,14,32H2,1,3-5H3,(H,34,35)/b18-6+,31-15?. The van der Waals surface area contributed by atoms with Crippen molar-refractivity contribution in [1.29, 1.82) is 5.41 Å². The van der Waals surface area contributed by atoms with Crippen LogP contribution in [0.25, 0.3) is 16.8 Å². The van der Waals surface area contributed by atoms with Gasteiger partial charge in [-0.05, 0) is 76.2 Å². The minimum absolute atomic E-state index is 0.0325. The summed E-state index contributed by atoms with van der Waals surface area (Å²) >= 11 is 0. The van der Waals surface area contributed by atoms with Crippen molar-refractivity contribution in [2.24, 2.45) is 5.84 Å². The number of H-pyrrole nitrogens is 1. The van der Waals surface area contributed by atoms with Crippen molar-refractivity contribution in [2.45, 2.75) is 52.1 Å². The normalized spacial score (nSPS) is 17.8. The Hall–Kier alpha value is -3.46. The molecule has 3 heterocycles. The molecule has 39 heavy (non-hydrogen) atoms. The molecule has 0 radical (unpaired) electrons. The Bertz CT molecular complexity index is 1400. The third-order valence-electron chi connectivity index (χ3n) is 7.33. The Balaban J connectivity index is 1.64. The number of halogens is 2. The summed E-state index contributed by atoms with van der Waals surface area (Å²) in [7, 11) is 0.248. The van der Waals surface area contributed by atoms with Gasteiger partial charge in [-0.2, -0.15) is 5.53 Å². The van der Waals surface area contributed by atoms with Gasteiger partial charge in [0.1, 0.15) is 18.0 Å². The summed E-state index contributed by atoms with van der Waals surface area (Å²) in [4.78, 5) is 14.5. The van der Waals surface area contributed by atoms with Crippen LogP contribution in [0.5, 0.6) is 0 Å². The number of hydrogen-bond acceptors (Lipinski definition) is 6. The van der Waals surface area contributed by atoms with E-state index in [2.05, 4.69) is 27.0 Å². The minimum atomic E-state index is -0.347. The molecule has 0 spiro atoms. The molecule has 3 atom stereocenters. The van der Waals surface area contributed by atoms with E-state index < -0.39 is 0 Å². The maximum Gasteiger partial charge on any atom is 0.158 e. The van der Waals surface area contributed by atoms with E-state index in [1.54, 1.807) is 37.5 Å². The molecular weight excluding hydrogens is 517 g/mol. The molecule has 0 saturated carbocycles.